The third-order valence-electron chi connectivity index (χ3n) is 2.21. The van der Waals surface area contributed by atoms with Crippen molar-refractivity contribution in [3.63, 3.8) is 0 Å². The number of nitrogens with two attached hydrogens (primary N) is 1. The van der Waals surface area contributed by atoms with Crippen LogP contribution in [0.3, 0.4) is 0 Å². The molecule has 0 atom stereocenters. The quantitative estimate of drug-likeness (QED) is 0.784. The summed E-state index contributed by atoms with van der Waals surface area (Å²) in [6.07, 6.45) is 0.500. The fourth-order valence-electron chi connectivity index (χ4n) is 1.31. The van der Waals surface area contributed by atoms with Crippen LogP contribution < -0.4 is 11.1 Å². The Bertz CT molecular complexity index is 305. The van der Waals surface area contributed by atoms with Gasteiger partial charge < -0.3 is 11.1 Å². The third kappa shape index (κ3) is 4.79. The van der Waals surface area contributed by atoms with E-state index >= 15 is 0 Å². The van der Waals surface area contributed by atoms with Crippen LogP contribution in [0.5, 0.6) is 0 Å². The third-order valence-corrected chi connectivity index (χ3v) is 2.21. The molecule has 0 unspecified atom stereocenters. The molecular formula is C12H19FN2. The summed E-state index contributed by atoms with van der Waals surface area (Å²) in [6.45, 7) is 4.34. The van der Waals surface area contributed by atoms with E-state index in [4.69, 9.17) is 5.73 Å². The van der Waals surface area contributed by atoms with Crippen molar-refractivity contribution in [1.29, 1.82) is 0 Å². The normalized spacial score (nSPS) is 11.5. The highest BCUT2D eigenvalue weighted by Crippen LogP contribution is 2.15. The van der Waals surface area contributed by atoms with Gasteiger partial charge in [0.05, 0.1) is 0 Å². The summed E-state index contributed by atoms with van der Waals surface area (Å²) >= 11 is 0. The lowest BCUT2D eigenvalue weighted by molar-refractivity contribution is 0.207. The van der Waals surface area contributed by atoms with Crippen LogP contribution in [-0.4, -0.2) is 12.2 Å². The SMILES string of the molecule is CC(C)(F)CCNc1cccc(CN)c1. The zero-order chi connectivity index (χ0) is 11.3. The second-order valence-electron chi connectivity index (χ2n) is 4.30. The predicted octanol–water partition coefficient (Wildman–Crippen LogP) is 2.70. The van der Waals surface area contributed by atoms with E-state index in [1.807, 2.05) is 24.3 Å². The highest BCUT2D eigenvalue weighted by atomic mass is 19.1. The van der Waals surface area contributed by atoms with Gasteiger partial charge in [-0.2, -0.15) is 0 Å². The van der Waals surface area contributed by atoms with Crippen molar-refractivity contribution in [2.75, 3.05) is 11.9 Å². The Morgan fingerprint density at radius 2 is 2.13 bits per heavy atom. The molecule has 0 aliphatic rings. The summed E-state index contributed by atoms with van der Waals surface area (Å²) in [5.74, 6) is 0. The van der Waals surface area contributed by atoms with E-state index in [9.17, 15) is 4.39 Å². The maximum absolute atomic E-state index is 13.2. The molecule has 0 aliphatic carbocycles. The standard InChI is InChI=1S/C12H19FN2/c1-12(2,13)6-7-15-11-5-3-4-10(8-11)9-14/h3-5,8,15H,6-7,9,14H2,1-2H3. The first-order valence-corrected chi connectivity index (χ1v) is 5.23. The van der Waals surface area contributed by atoms with Crippen molar-refractivity contribution in [2.24, 2.45) is 5.73 Å². The maximum Gasteiger partial charge on any atom is 0.107 e. The Morgan fingerprint density at radius 3 is 2.73 bits per heavy atom. The molecule has 1 rings (SSSR count). The van der Waals surface area contributed by atoms with E-state index in [1.54, 1.807) is 13.8 Å². The minimum Gasteiger partial charge on any atom is -0.385 e. The smallest absolute Gasteiger partial charge is 0.107 e. The molecule has 0 bridgehead atoms. The Labute approximate surface area is 90.7 Å². The van der Waals surface area contributed by atoms with Crippen molar-refractivity contribution < 1.29 is 4.39 Å². The first kappa shape index (κ1) is 12.0. The molecule has 0 radical (unpaired) electrons. The lowest BCUT2D eigenvalue weighted by Gasteiger charge is -2.15. The minimum absolute atomic E-state index is 0.500. The number of rotatable bonds is 5. The van der Waals surface area contributed by atoms with Gasteiger partial charge in [0, 0.05) is 18.8 Å². The van der Waals surface area contributed by atoms with Crippen LogP contribution in [0.25, 0.3) is 0 Å². The van der Waals surface area contributed by atoms with Gasteiger partial charge in [0.15, 0.2) is 0 Å². The fraction of sp³-hybridized carbons (Fsp3) is 0.500. The molecule has 1 aromatic rings. The van der Waals surface area contributed by atoms with Gasteiger partial charge in [0.25, 0.3) is 0 Å². The molecular weight excluding hydrogens is 191 g/mol. The molecule has 1 aromatic carbocycles. The molecule has 0 saturated heterocycles. The Morgan fingerprint density at radius 1 is 1.40 bits per heavy atom. The van der Waals surface area contributed by atoms with Gasteiger partial charge >= 0.3 is 0 Å². The zero-order valence-corrected chi connectivity index (χ0v) is 9.39. The van der Waals surface area contributed by atoms with Crippen molar-refractivity contribution in [2.45, 2.75) is 32.5 Å². The number of nitrogens with one attached hydrogen (secondary N) is 1. The van der Waals surface area contributed by atoms with Crippen LogP contribution in [0.15, 0.2) is 24.3 Å². The molecule has 0 spiro atoms. The molecule has 0 saturated carbocycles. The lowest BCUT2D eigenvalue weighted by atomic mass is 10.1. The van der Waals surface area contributed by atoms with E-state index in [2.05, 4.69) is 5.32 Å². The number of anilines is 1. The summed E-state index contributed by atoms with van der Waals surface area (Å²) in [7, 11) is 0. The molecule has 0 amide bonds. The number of benzene rings is 1. The first-order valence-electron chi connectivity index (χ1n) is 5.23. The monoisotopic (exact) mass is 210 g/mol. The van der Waals surface area contributed by atoms with Gasteiger partial charge in [0.2, 0.25) is 0 Å². The van der Waals surface area contributed by atoms with Crippen molar-refractivity contribution in [3.05, 3.63) is 29.8 Å². The van der Waals surface area contributed by atoms with Gasteiger partial charge in [-0.05, 0) is 38.0 Å². The van der Waals surface area contributed by atoms with Crippen molar-refractivity contribution >= 4 is 5.69 Å². The second kappa shape index (κ2) is 5.12. The molecule has 3 N–H and O–H groups in total. The summed E-state index contributed by atoms with van der Waals surface area (Å²) in [5.41, 5.74) is 6.50. The largest absolute Gasteiger partial charge is 0.385 e. The summed E-state index contributed by atoms with van der Waals surface area (Å²) in [5, 5.41) is 3.18. The molecule has 2 nitrogen and oxygen atoms in total. The second-order valence-corrected chi connectivity index (χ2v) is 4.30. The minimum atomic E-state index is -1.11. The van der Waals surface area contributed by atoms with Gasteiger partial charge in [0.1, 0.15) is 5.67 Å². The van der Waals surface area contributed by atoms with Crippen LogP contribution in [-0.2, 0) is 6.54 Å². The molecule has 0 aliphatic heterocycles. The predicted molar refractivity (Wildman–Crippen MR) is 62.6 cm³/mol. The molecule has 84 valence electrons. The number of hydrogen-bond acceptors (Lipinski definition) is 2. The maximum atomic E-state index is 13.2. The number of alkyl halides is 1. The average molecular weight is 210 g/mol. The number of halogens is 1. The zero-order valence-electron chi connectivity index (χ0n) is 9.39. The molecule has 3 heteroatoms. The topological polar surface area (TPSA) is 38.0 Å². The van der Waals surface area contributed by atoms with Crippen LogP contribution >= 0.6 is 0 Å². The molecule has 0 heterocycles. The fourth-order valence-corrected chi connectivity index (χ4v) is 1.31. The Kier molecular flexibility index (Phi) is 4.09. The summed E-state index contributed by atoms with van der Waals surface area (Å²) in [6, 6.07) is 7.88. The van der Waals surface area contributed by atoms with Crippen molar-refractivity contribution in [1.82, 2.24) is 0 Å². The number of hydrogen-bond donors (Lipinski definition) is 2. The molecule has 0 fully saturated rings. The highest BCUT2D eigenvalue weighted by Gasteiger charge is 2.13. The first-order chi connectivity index (χ1) is 7.01. The molecule has 0 aromatic heterocycles. The summed E-state index contributed by atoms with van der Waals surface area (Å²) in [4.78, 5) is 0. The highest BCUT2D eigenvalue weighted by molar-refractivity contribution is 5.45. The Hall–Kier alpha value is -1.09. The van der Waals surface area contributed by atoms with E-state index in [-0.39, 0.29) is 0 Å². The van der Waals surface area contributed by atoms with Gasteiger partial charge in [-0.3, -0.25) is 0 Å². The average Bonchev–Trinajstić information content (AvgIpc) is 2.16. The van der Waals surface area contributed by atoms with Gasteiger partial charge in [-0.25, -0.2) is 4.39 Å². The summed E-state index contributed by atoms with van der Waals surface area (Å²) < 4.78 is 13.2. The van der Waals surface area contributed by atoms with E-state index < -0.39 is 5.67 Å². The van der Waals surface area contributed by atoms with Crippen molar-refractivity contribution in [3.8, 4) is 0 Å². The van der Waals surface area contributed by atoms with Crippen LogP contribution in [0.4, 0.5) is 10.1 Å². The lowest BCUT2D eigenvalue weighted by Crippen LogP contribution is -2.17. The van der Waals surface area contributed by atoms with Gasteiger partial charge in [-0.1, -0.05) is 12.1 Å². The van der Waals surface area contributed by atoms with E-state index in [1.165, 1.54) is 0 Å². The van der Waals surface area contributed by atoms with Crippen LogP contribution in [0.2, 0.25) is 0 Å². The van der Waals surface area contributed by atoms with E-state index in [0.717, 1.165) is 11.3 Å². The van der Waals surface area contributed by atoms with Crippen LogP contribution in [0.1, 0.15) is 25.8 Å². The molecule has 15 heavy (non-hydrogen) atoms. The Balaban J connectivity index is 2.44. The van der Waals surface area contributed by atoms with Crippen LogP contribution in [0, 0.1) is 0 Å². The van der Waals surface area contributed by atoms with Gasteiger partial charge in [-0.15, -0.1) is 0 Å². The van der Waals surface area contributed by atoms with E-state index in [0.29, 0.717) is 19.5 Å².